The molecule has 1 rings (SSSR count). The van der Waals surface area contributed by atoms with Crippen LogP contribution in [0, 0.1) is 0 Å². The molecule has 0 heterocycles. The molecule has 0 aliphatic heterocycles. The van der Waals surface area contributed by atoms with Gasteiger partial charge >= 0.3 is 143 Å². The molecule has 22 heavy (non-hydrogen) atoms. The molecule has 130 valence electrons. The molecule has 1 saturated carbocycles. The molecule has 1 amide bonds. The maximum absolute atomic E-state index is 11.9. The zero-order valence-corrected chi connectivity index (χ0v) is 17.4. The molecule has 0 aromatic carbocycles. The van der Waals surface area contributed by atoms with Crippen molar-refractivity contribution in [2.24, 2.45) is 0 Å². The molecule has 0 saturated heterocycles. The van der Waals surface area contributed by atoms with Crippen LogP contribution in [0.2, 0.25) is 16.5 Å². The topological polar surface area (TPSA) is 56.8 Å². The van der Waals surface area contributed by atoms with Gasteiger partial charge in [-0.15, -0.1) is 0 Å². The van der Waals surface area contributed by atoms with Gasteiger partial charge < -0.3 is 0 Å². The molecule has 5 nitrogen and oxygen atoms in total. The van der Waals surface area contributed by atoms with E-state index in [9.17, 15) is 4.79 Å². The molecule has 7 heteroatoms. The fourth-order valence-corrected chi connectivity index (χ4v) is 7.59. The average Bonchev–Trinajstić information content (AvgIpc) is 2.56. The van der Waals surface area contributed by atoms with Crippen molar-refractivity contribution in [2.45, 2.75) is 67.4 Å². The second-order valence-electron chi connectivity index (χ2n) is 5.80. The van der Waals surface area contributed by atoms with Gasteiger partial charge in [0.15, 0.2) is 0 Å². The number of carbonyl (C=O) groups is 1. The van der Waals surface area contributed by atoms with Gasteiger partial charge in [0, 0.05) is 0 Å². The van der Waals surface area contributed by atoms with E-state index in [1.165, 1.54) is 37.3 Å². The number of nitrogens with one attached hydrogen (secondary N) is 1. The molecule has 1 N–H and O–H groups in total. The standard InChI is InChI=1S/C15H32AsNO4Si/c1-19-22(20-2,21-3)13-7-11-16-12-10-15(18)17-14-8-5-4-6-9-14/h14,16H,4-13H2,1-3H3,(H,17,18). The Labute approximate surface area is 142 Å². The summed E-state index contributed by atoms with van der Waals surface area (Å²) in [5.74, 6) is 0.255. The minimum absolute atomic E-state index is 0.0428. The molecule has 0 aromatic heterocycles. The minimum atomic E-state index is -2.39. The van der Waals surface area contributed by atoms with Crippen LogP contribution in [-0.4, -0.2) is 57.8 Å². The summed E-state index contributed by atoms with van der Waals surface area (Å²) in [5, 5.41) is 5.48. The van der Waals surface area contributed by atoms with Gasteiger partial charge in [0.05, 0.1) is 0 Å². The number of hydrogen-bond acceptors (Lipinski definition) is 4. The van der Waals surface area contributed by atoms with E-state index in [1.807, 2.05) is 0 Å². The van der Waals surface area contributed by atoms with Crippen LogP contribution in [0.3, 0.4) is 0 Å². The van der Waals surface area contributed by atoms with E-state index in [4.69, 9.17) is 13.3 Å². The molecule has 1 fully saturated rings. The Bertz CT molecular complexity index is 302. The van der Waals surface area contributed by atoms with Crippen LogP contribution in [0.5, 0.6) is 0 Å². The molecule has 0 spiro atoms. The van der Waals surface area contributed by atoms with Crippen LogP contribution in [-0.2, 0) is 18.1 Å². The molecule has 1 unspecified atom stereocenters. The number of carbonyl (C=O) groups excluding carboxylic acids is 1. The number of rotatable bonds is 11. The Morgan fingerprint density at radius 1 is 1.09 bits per heavy atom. The van der Waals surface area contributed by atoms with Crippen molar-refractivity contribution in [1.29, 1.82) is 0 Å². The predicted octanol–water partition coefficient (Wildman–Crippen LogP) is 2.37. The maximum atomic E-state index is 11.9. The van der Waals surface area contributed by atoms with Gasteiger partial charge in [-0.3, -0.25) is 0 Å². The Morgan fingerprint density at radius 3 is 2.32 bits per heavy atom. The van der Waals surface area contributed by atoms with Gasteiger partial charge in [0.2, 0.25) is 0 Å². The summed E-state index contributed by atoms with van der Waals surface area (Å²) in [4.78, 5) is 11.9. The van der Waals surface area contributed by atoms with Crippen molar-refractivity contribution in [3.63, 3.8) is 0 Å². The Kier molecular flexibility index (Phi) is 10.7. The molecule has 0 bridgehead atoms. The van der Waals surface area contributed by atoms with Crippen LogP contribution in [0.15, 0.2) is 0 Å². The van der Waals surface area contributed by atoms with Crippen LogP contribution >= 0.6 is 0 Å². The first-order valence-corrected chi connectivity index (χ1v) is 13.2. The second-order valence-corrected chi connectivity index (χ2v) is 12.0. The summed E-state index contributed by atoms with van der Waals surface area (Å²) < 4.78 is 16.2. The fraction of sp³-hybridized carbons (Fsp3) is 0.933. The summed E-state index contributed by atoms with van der Waals surface area (Å²) >= 11 is -0.0428. The molecular weight excluding hydrogens is 361 g/mol. The van der Waals surface area contributed by atoms with E-state index in [0.717, 1.165) is 17.7 Å². The summed E-state index contributed by atoms with van der Waals surface area (Å²) in [7, 11) is 2.59. The van der Waals surface area contributed by atoms with Gasteiger partial charge in [-0.1, -0.05) is 0 Å². The van der Waals surface area contributed by atoms with Crippen molar-refractivity contribution >= 4 is 30.5 Å². The van der Waals surface area contributed by atoms with Gasteiger partial charge in [-0.25, -0.2) is 0 Å². The van der Waals surface area contributed by atoms with Crippen LogP contribution in [0.4, 0.5) is 0 Å². The second kappa shape index (κ2) is 11.6. The Balaban J connectivity index is 2.03. The van der Waals surface area contributed by atoms with Gasteiger partial charge in [0.25, 0.3) is 0 Å². The first-order chi connectivity index (χ1) is 10.7. The third-order valence-electron chi connectivity index (χ3n) is 4.27. The summed E-state index contributed by atoms with van der Waals surface area (Å²) in [6.07, 6.45) is 7.98. The molecular formula is C15H32AsNO4Si. The average molecular weight is 393 g/mol. The van der Waals surface area contributed by atoms with Crippen molar-refractivity contribution in [3.8, 4) is 0 Å². The zero-order valence-electron chi connectivity index (χ0n) is 14.3. The SMILES string of the molecule is CO[Si](CCC[AsH]CCC(=O)NC1CCCCC1)(OC)OC. The zero-order chi connectivity index (χ0) is 16.3. The molecule has 1 aliphatic carbocycles. The molecule has 1 atom stereocenters. The normalized spacial score (nSPS) is 17.2. The van der Waals surface area contributed by atoms with Gasteiger partial charge in [0.1, 0.15) is 0 Å². The van der Waals surface area contributed by atoms with E-state index < -0.39 is 8.80 Å². The fourth-order valence-electron chi connectivity index (χ4n) is 2.86. The van der Waals surface area contributed by atoms with E-state index in [2.05, 4.69) is 5.32 Å². The predicted molar refractivity (Wildman–Crippen MR) is 92.6 cm³/mol. The quantitative estimate of drug-likeness (QED) is 0.433. The van der Waals surface area contributed by atoms with E-state index >= 15 is 0 Å². The Hall–Kier alpha value is 0.125. The van der Waals surface area contributed by atoms with Crippen LogP contribution in [0.25, 0.3) is 0 Å². The first kappa shape index (κ1) is 20.2. The molecule has 1 aliphatic rings. The third kappa shape index (κ3) is 7.60. The molecule has 0 aromatic rings. The summed E-state index contributed by atoms with van der Waals surface area (Å²) in [6.45, 7) is 0. The first-order valence-electron chi connectivity index (χ1n) is 8.31. The van der Waals surface area contributed by atoms with Crippen molar-refractivity contribution in [3.05, 3.63) is 0 Å². The summed E-state index contributed by atoms with van der Waals surface area (Å²) in [6, 6.07) is 1.31. The van der Waals surface area contributed by atoms with Crippen molar-refractivity contribution < 1.29 is 18.1 Å². The van der Waals surface area contributed by atoms with Gasteiger partial charge in [-0.05, 0) is 0 Å². The summed E-state index contributed by atoms with van der Waals surface area (Å²) in [5.41, 5.74) is 0. The number of amides is 1. The Morgan fingerprint density at radius 2 is 1.73 bits per heavy atom. The monoisotopic (exact) mass is 393 g/mol. The third-order valence-corrected chi connectivity index (χ3v) is 9.85. The van der Waals surface area contributed by atoms with E-state index in [-0.39, 0.29) is 21.7 Å². The number of hydrogen-bond donors (Lipinski definition) is 1. The van der Waals surface area contributed by atoms with E-state index in [1.54, 1.807) is 21.3 Å². The van der Waals surface area contributed by atoms with Gasteiger partial charge in [-0.2, -0.15) is 0 Å². The van der Waals surface area contributed by atoms with Crippen LogP contribution in [0.1, 0.15) is 44.9 Å². The van der Waals surface area contributed by atoms with Crippen molar-refractivity contribution in [2.75, 3.05) is 21.3 Å². The van der Waals surface area contributed by atoms with Crippen molar-refractivity contribution in [1.82, 2.24) is 5.32 Å². The molecule has 0 radical (unpaired) electrons. The van der Waals surface area contributed by atoms with Crippen LogP contribution < -0.4 is 5.32 Å². The van der Waals surface area contributed by atoms with E-state index in [0.29, 0.717) is 12.5 Å².